The molecule has 3 N–H and O–H groups in total. The van der Waals surface area contributed by atoms with Crippen LogP contribution in [0.5, 0.6) is 0 Å². The Labute approximate surface area is 133 Å². The van der Waals surface area contributed by atoms with Crippen molar-refractivity contribution in [2.24, 2.45) is 11.7 Å². The van der Waals surface area contributed by atoms with Crippen molar-refractivity contribution >= 4 is 17.5 Å². The first kappa shape index (κ1) is 16.7. The van der Waals surface area contributed by atoms with E-state index in [1.165, 1.54) is 23.1 Å². The summed E-state index contributed by atoms with van der Waals surface area (Å²) in [7, 11) is 0. The number of carbonyl (C=O) groups is 2. The Morgan fingerprint density at radius 1 is 1.39 bits per heavy atom. The molecule has 0 unspecified atom stereocenters. The normalized spacial score (nSPS) is 11.9. The van der Waals surface area contributed by atoms with Gasteiger partial charge in [0.25, 0.3) is 0 Å². The minimum absolute atomic E-state index is 0.0429. The zero-order chi connectivity index (χ0) is 16.8. The van der Waals surface area contributed by atoms with Crippen LogP contribution in [-0.4, -0.2) is 21.6 Å². The second-order valence-electron chi connectivity index (χ2n) is 5.41. The lowest BCUT2D eigenvalue weighted by atomic mass is 10.00. The molecule has 2 rings (SSSR count). The van der Waals surface area contributed by atoms with Gasteiger partial charge in [-0.05, 0) is 24.5 Å². The van der Waals surface area contributed by atoms with Gasteiger partial charge in [0.1, 0.15) is 12.4 Å². The lowest BCUT2D eigenvalue weighted by molar-refractivity contribution is -0.120. The van der Waals surface area contributed by atoms with Gasteiger partial charge >= 0.3 is 0 Å². The summed E-state index contributed by atoms with van der Waals surface area (Å²) in [5.74, 6) is -1.23. The maximum absolute atomic E-state index is 13.5. The summed E-state index contributed by atoms with van der Waals surface area (Å²) in [6.07, 6.45) is 4.00. The molecular formula is C16H19FN4O2. The van der Waals surface area contributed by atoms with Gasteiger partial charge < -0.3 is 11.1 Å². The van der Waals surface area contributed by atoms with E-state index >= 15 is 0 Å². The number of hydrogen-bond donors (Lipinski definition) is 2. The molecule has 0 fully saturated rings. The third-order valence-corrected chi connectivity index (χ3v) is 3.47. The number of nitrogens with zero attached hydrogens (tertiary/aromatic N) is 2. The molecule has 0 aliphatic rings. The van der Waals surface area contributed by atoms with Crippen LogP contribution in [0.15, 0.2) is 36.7 Å². The van der Waals surface area contributed by atoms with E-state index in [2.05, 4.69) is 10.4 Å². The predicted molar refractivity (Wildman–Crippen MR) is 83.9 cm³/mol. The summed E-state index contributed by atoms with van der Waals surface area (Å²) >= 11 is 0. The Bertz CT molecular complexity index is 699. The first-order chi connectivity index (χ1) is 11.0. The van der Waals surface area contributed by atoms with Crippen LogP contribution >= 0.6 is 0 Å². The SMILES string of the molecule is C[C@@H](CCc1ccccc1F)C(=O)Nc1cnn(CC(N)=O)c1. The van der Waals surface area contributed by atoms with E-state index in [1.807, 2.05) is 0 Å². The van der Waals surface area contributed by atoms with Gasteiger partial charge in [0.2, 0.25) is 11.8 Å². The highest BCUT2D eigenvalue weighted by molar-refractivity contribution is 5.92. The molecule has 23 heavy (non-hydrogen) atoms. The molecule has 1 aromatic carbocycles. The van der Waals surface area contributed by atoms with E-state index in [0.717, 1.165) is 0 Å². The quantitative estimate of drug-likeness (QED) is 0.814. The Morgan fingerprint density at radius 2 is 2.13 bits per heavy atom. The number of hydrogen-bond acceptors (Lipinski definition) is 3. The van der Waals surface area contributed by atoms with Crippen molar-refractivity contribution < 1.29 is 14.0 Å². The monoisotopic (exact) mass is 318 g/mol. The van der Waals surface area contributed by atoms with Crippen LogP contribution in [-0.2, 0) is 22.6 Å². The lowest BCUT2D eigenvalue weighted by Crippen LogP contribution is -2.21. The fraction of sp³-hybridized carbons (Fsp3) is 0.312. The molecule has 122 valence electrons. The first-order valence-corrected chi connectivity index (χ1v) is 7.30. The number of aromatic nitrogens is 2. The number of anilines is 1. The average molecular weight is 318 g/mol. The maximum Gasteiger partial charge on any atom is 0.239 e. The molecule has 0 saturated heterocycles. The van der Waals surface area contributed by atoms with Crippen LogP contribution in [0.3, 0.4) is 0 Å². The molecule has 0 saturated carbocycles. The Kier molecular flexibility index (Phi) is 5.46. The van der Waals surface area contributed by atoms with Crippen LogP contribution in [0.4, 0.5) is 10.1 Å². The molecule has 0 radical (unpaired) electrons. The zero-order valence-corrected chi connectivity index (χ0v) is 12.8. The Hall–Kier alpha value is -2.70. The second kappa shape index (κ2) is 7.53. The summed E-state index contributed by atoms with van der Waals surface area (Å²) < 4.78 is 14.9. The number of halogens is 1. The molecule has 1 aromatic heterocycles. The summed E-state index contributed by atoms with van der Waals surface area (Å²) in [4.78, 5) is 22.9. The highest BCUT2D eigenvalue weighted by Gasteiger charge is 2.15. The Balaban J connectivity index is 1.86. The molecule has 1 heterocycles. The molecule has 0 bridgehead atoms. The van der Waals surface area contributed by atoms with Crippen molar-refractivity contribution in [2.75, 3.05) is 5.32 Å². The smallest absolute Gasteiger partial charge is 0.239 e. The number of rotatable bonds is 7. The molecular weight excluding hydrogens is 299 g/mol. The fourth-order valence-electron chi connectivity index (χ4n) is 2.14. The Morgan fingerprint density at radius 3 is 2.83 bits per heavy atom. The second-order valence-corrected chi connectivity index (χ2v) is 5.41. The number of primary amides is 1. The van der Waals surface area contributed by atoms with Gasteiger partial charge in [-0.25, -0.2) is 4.39 Å². The highest BCUT2D eigenvalue weighted by atomic mass is 19.1. The van der Waals surface area contributed by atoms with Gasteiger partial charge in [-0.3, -0.25) is 14.3 Å². The van der Waals surface area contributed by atoms with E-state index in [9.17, 15) is 14.0 Å². The van der Waals surface area contributed by atoms with Crippen LogP contribution in [0.1, 0.15) is 18.9 Å². The third-order valence-electron chi connectivity index (χ3n) is 3.47. The summed E-state index contributed by atoms with van der Waals surface area (Å²) in [6.45, 7) is 1.74. The molecule has 7 heteroatoms. The number of amides is 2. The van der Waals surface area contributed by atoms with Crippen LogP contribution in [0, 0.1) is 11.7 Å². The van der Waals surface area contributed by atoms with E-state index in [-0.39, 0.29) is 24.2 Å². The molecule has 6 nitrogen and oxygen atoms in total. The highest BCUT2D eigenvalue weighted by Crippen LogP contribution is 2.15. The van der Waals surface area contributed by atoms with Crippen LogP contribution < -0.4 is 11.1 Å². The van der Waals surface area contributed by atoms with Crippen molar-refractivity contribution in [1.29, 1.82) is 0 Å². The zero-order valence-electron chi connectivity index (χ0n) is 12.8. The number of nitrogens with one attached hydrogen (secondary N) is 1. The van der Waals surface area contributed by atoms with Crippen molar-refractivity contribution in [2.45, 2.75) is 26.3 Å². The number of benzene rings is 1. The van der Waals surface area contributed by atoms with Crippen molar-refractivity contribution in [3.63, 3.8) is 0 Å². The molecule has 2 aromatic rings. The molecule has 0 aliphatic heterocycles. The van der Waals surface area contributed by atoms with Gasteiger partial charge in [0.15, 0.2) is 0 Å². The minimum atomic E-state index is -0.510. The van der Waals surface area contributed by atoms with Gasteiger partial charge in [0, 0.05) is 12.1 Å². The van der Waals surface area contributed by atoms with E-state index in [1.54, 1.807) is 25.1 Å². The number of carbonyl (C=O) groups excluding carboxylic acids is 2. The lowest BCUT2D eigenvalue weighted by Gasteiger charge is -2.11. The van der Waals surface area contributed by atoms with Gasteiger partial charge in [-0.2, -0.15) is 5.10 Å². The number of nitrogens with two attached hydrogens (primary N) is 1. The summed E-state index contributed by atoms with van der Waals surface area (Å²) in [6, 6.07) is 6.54. The van der Waals surface area contributed by atoms with E-state index in [0.29, 0.717) is 24.1 Å². The van der Waals surface area contributed by atoms with Crippen LogP contribution in [0.2, 0.25) is 0 Å². The minimum Gasteiger partial charge on any atom is -0.368 e. The first-order valence-electron chi connectivity index (χ1n) is 7.30. The predicted octanol–water partition coefficient (Wildman–Crippen LogP) is 1.71. The fourth-order valence-corrected chi connectivity index (χ4v) is 2.14. The van der Waals surface area contributed by atoms with Gasteiger partial charge in [0.05, 0.1) is 11.9 Å². The van der Waals surface area contributed by atoms with Crippen molar-refractivity contribution in [3.05, 3.63) is 48.0 Å². The third kappa shape index (κ3) is 4.91. The summed E-state index contributed by atoms with van der Waals surface area (Å²) in [5, 5.41) is 6.64. The molecule has 0 aliphatic carbocycles. The van der Waals surface area contributed by atoms with Crippen LogP contribution in [0.25, 0.3) is 0 Å². The van der Waals surface area contributed by atoms with E-state index < -0.39 is 5.91 Å². The molecule has 1 atom stereocenters. The van der Waals surface area contributed by atoms with Crippen molar-refractivity contribution in [1.82, 2.24) is 9.78 Å². The maximum atomic E-state index is 13.5. The largest absolute Gasteiger partial charge is 0.368 e. The molecule has 0 spiro atoms. The molecule has 2 amide bonds. The average Bonchev–Trinajstić information content (AvgIpc) is 2.92. The van der Waals surface area contributed by atoms with Gasteiger partial charge in [-0.15, -0.1) is 0 Å². The topological polar surface area (TPSA) is 90.0 Å². The van der Waals surface area contributed by atoms with Gasteiger partial charge in [-0.1, -0.05) is 25.1 Å². The van der Waals surface area contributed by atoms with Crippen molar-refractivity contribution in [3.8, 4) is 0 Å². The standard InChI is InChI=1S/C16H19FN4O2/c1-11(6-7-12-4-2-3-5-14(12)17)16(23)20-13-8-19-21(9-13)10-15(18)22/h2-5,8-9,11H,6-7,10H2,1H3,(H2,18,22)(H,20,23)/t11-/m0/s1. The summed E-state index contributed by atoms with van der Waals surface area (Å²) in [5.41, 5.74) is 6.17. The number of aryl methyl sites for hydroxylation is 1. The van der Waals surface area contributed by atoms with E-state index in [4.69, 9.17) is 5.73 Å².